The van der Waals surface area contributed by atoms with Crippen molar-refractivity contribution in [3.05, 3.63) is 75.0 Å². The Morgan fingerprint density at radius 2 is 1.93 bits per heavy atom. The Hall–Kier alpha value is -3.02. The fraction of sp³-hybridized carbons (Fsp3) is 0.333. The molecule has 0 saturated carbocycles. The van der Waals surface area contributed by atoms with Gasteiger partial charge in [-0.1, -0.05) is 23.8 Å². The first-order valence-electron chi connectivity index (χ1n) is 9.10. The van der Waals surface area contributed by atoms with E-state index in [1.165, 1.54) is 33.8 Å². The van der Waals surface area contributed by atoms with Crippen molar-refractivity contribution in [1.82, 2.24) is 19.7 Å². The number of aryl methyl sites for hydroxylation is 2. The maximum atomic E-state index is 12.9. The Balaban J connectivity index is 1.66. The summed E-state index contributed by atoms with van der Waals surface area (Å²) in [4.78, 5) is 21.3. The average Bonchev–Trinajstić information content (AvgIpc) is 2.68. The Kier molecular flexibility index (Phi) is 4.48. The molecular formula is C21H22N4O2. The highest BCUT2D eigenvalue weighted by Crippen LogP contribution is 2.33. The molecule has 1 aliphatic rings. The van der Waals surface area contributed by atoms with E-state index in [2.05, 4.69) is 47.1 Å². The molecule has 0 aliphatic heterocycles. The zero-order valence-electron chi connectivity index (χ0n) is 15.8. The summed E-state index contributed by atoms with van der Waals surface area (Å²) in [5, 5.41) is 4.32. The molecule has 3 aromatic rings. The lowest BCUT2D eigenvalue weighted by Gasteiger charge is -2.26. The Bertz CT molecular complexity index is 1040. The Morgan fingerprint density at radius 3 is 2.63 bits per heavy atom. The van der Waals surface area contributed by atoms with E-state index in [1.807, 2.05) is 0 Å². The molecule has 1 atom stereocenters. The molecular weight excluding hydrogens is 340 g/mol. The van der Waals surface area contributed by atoms with Crippen LogP contribution in [0.2, 0.25) is 0 Å². The van der Waals surface area contributed by atoms with Crippen LogP contribution in [0.3, 0.4) is 0 Å². The average molecular weight is 362 g/mol. The topological polar surface area (TPSA) is 69.9 Å². The summed E-state index contributed by atoms with van der Waals surface area (Å²) in [7, 11) is 1.55. The van der Waals surface area contributed by atoms with E-state index in [4.69, 9.17) is 4.74 Å². The standard InChI is InChI=1S/C21H22N4O2/c1-13-4-6-18(14(2)8-13)15-5-7-19-16(9-15)10-24-25(20(19)26)21-22-11-17(27-3)12-23-21/h4,6,8,10-12,15H,5,7,9H2,1-3H3. The molecule has 6 heteroatoms. The van der Waals surface area contributed by atoms with E-state index in [9.17, 15) is 4.79 Å². The van der Waals surface area contributed by atoms with Crippen LogP contribution in [0.15, 0.2) is 41.6 Å². The second-order valence-electron chi connectivity index (χ2n) is 7.09. The zero-order chi connectivity index (χ0) is 19.0. The van der Waals surface area contributed by atoms with Gasteiger partial charge in [-0.3, -0.25) is 4.79 Å². The number of aromatic nitrogens is 4. The van der Waals surface area contributed by atoms with Crippen molar-refractivity contribution in [2.24, 2.45) is 0 Å². The monoisotopic (exact) mass is 362 g/mol. The fourth-order valence-electron chi connectivity index (χ4n) is 3.87. The normalized spacial score (nSPS) is 16.0. The summed E-state index contributed by atoms with van der Waals surface area (Å²) in [5.41, 5.74) is 5.69. The number of ether oxygens (including phenoxy) is 1. The van der Waals surface area contributed by atoms with Gasteiger partial charge in [0.05, 0.1) is 25.7 Å². The van der Waals surface area contributed by atoms with Gasteiger partial charge in [0.2, 0.25) is 0 Å². The Morgan fingerprint density at radius 1 is 1.15 bits per heavy atom. The van der Waals surface area contributed by atoms with Crippen LogP contribution < -0.4 is 10.3 Å². The lowest BCUT2D eigenvalue weighted by Crippen LogP contribution is -2.30. The van der Waals surface area contributed by atoms with Crippen LogP contribution in [-0.4, -0.2) is 26.9 Å². The molecule has 138 valence electrons. The highest BCUT2D eigenvalue weighted by Gasteiger charge is 2.25. The zero-order valence-corrected chi connectivity index (χ0v) is 15.8. The van der Waals surface area contributed by atoms with Crippen LogP contribution in [0, 0.1) is 13.8 Å². The molecule has 0 amide bonds. The van der Waals surface area contributed by atoms with Gasteiger partial charge >= 0.3 is 0 Å². The molecule has 1 aromatic carbocycles. The minimum absolute atomic E-state index is 0.128. The van der Waals surface area contributed by atoms with Crippen LogP contribution >= 0.6 is 0 Å². The minimum atomic E-state index is -0.128. The molecule has 0 radical (unpaired) electrons. The van der Waals surface area contributed by atoms with Gasteiger partial charge in [0, 0.05) is 5.56 Å². The first-order chi connectivity index (χ1) is 13.1. The predicted molar refractivity (Wildman–Crippen MR) is 103 cm³/mol. The summed E-state index contributed by atoms with van der Waals surface area (Å²) < 4.78 is 6.34. The Labute approximate surface area is 157 Å². The lowest BCUT2D eigenvalue weighted by atomic mass is 9.79. The van der Waals surface area contributed by atoms with Crippen LogP contribution in [-0.2, 0) is 12.8 Å². The maximum Gasteiger partial charge on any atom is 0.277 e. The van der Waals surface area contributed by atoms with Gasteiger partial charge in [0.25, 0.3) is 11.5 Å². The fourth-order valence-corrected chi connectivity index (χ4v) is 3.87. The molecule has 1 unspecified atom stereocenters. The third-order valence-electron chi connectivity index (χ3n) is 5.28. The van der Waals surface area contributed by atoms with Gasteiger partial charge in [-0.15, -0.1) is 0 Å². The molecule has 0 saturated heterocycles. The van der Waals surface area contributed by atoms with Gasteiger partial charge in [-0.25, -0.2) is 9.97 Å². The summed E-state index contributed by atoms with van der Waals surface area (Å²) in [6, 6.07) is 6.61. The van der Waals surface area contributed by atoms with Crippen molar-refractivity contribution >= 4 is 0 Å². The van der Waals surface area contributed by atoms with Gasteiger partial charge < -0.3 is 4.74 Å². The van der Waals surface area contributed by atoms with Crippen molar-refractivity contribution < 1.29 is 4.74 Å². The summed E-state index contributed by atoms with van der Waals surface area (Å²) in [6.45, 7) is 4.27. The molecule has 0 fully saturated rings. The molecule has 0 bridgehead atoms. The molecule has 6 nitrogen and oxygen atoms in total. The second-order valence-corrected chi connectivity index (χ2v) is 7.09. The highest BCUT2D eigenvalue weighted by atomic mass is 16.5. The third-order valence-corrected chi connectivity index (χ3v) is 5.28. The largest absolute Gasteiger partial charge is 0.494 e. The van der Waals surface area contributed by atoms with E-state index < -0.39 is 0 Å². The highest BCUT2D eigenvalue weighted by molar-refractivity contribution is 5.37. The van der Waals surface area contributed by atoms with Gasteiger partial charge in [0.1, 0.15) is 0 Å². The van der Waals surface area contributed by atoms with Crippen LogP contribution in [0.25, 0.3) is 5.95 Å². The molecule has 2 aromatic heterocycles. The molecule has 1 aliphatic carbocycles. The SMILES string of the molecule is COc1cnc(-n2ncc3c(c2=O)CCC(c2ccc(C)cc2C)C3)nc1. The lowest BCUT2D eigenvalue weighted by molar-refractivity contribution is 0.410. The van der Waals surface area contributed by atoms with Gasteiger partial charge in [-0.2, -0.15) is 9.78 Å². The number of fused-ring (bicyclic) bond motifs is 1. The van der Waals surface area contributed by atoms with Crippen LogP contribution in [0.5, 0.6) is 5.75 Å². The smallest absolute Gasteiger partial charge is 0.277 e. The van der Waals surface area contributed by atoms with E-state index in [0.717, 1.165) is 30.4 Å². The van der Waals surface area contributed by atoms with E-state index in [-0.39, 0.29) is 11.5 Å². The third kappa shape index (κ3) is 3.23. The molecule has 0 N–H and O–H groups in total. The summed E-state index contributed by atoms with van der Waals surface area (Å²) >= 11 is 0. The van der Waals surface area contributed by atoms with E-state index >= 15 is 0 Å². The molecule has 4 rings (SSSR count). The first kappa shape index (κ1) is 17.4. The number of nitrogens with zero attached hydrogens (tertiary/aromatic N) is 4. The molecule has 0 spiro atoms. The number of methoxy groups -OCH3 is 1. The van der Waals surface area contributed by atoms with Crippen LogP contribution in [0.4, 0.5) is 0 Å². The van der Waals surface area contributed by atoms with Crippen LogP contribution in [0.1, 0.15) is 40.2 Å². The van der Waals surface area contributed by atoms with Gasteiger partial charge in [0.15, 0.2) is 5.75 Å². The minimum Gasteiger partial charge on any atom is -0.494 e. The predicted octanol–water partition coefficient (Wildman–Crippen LogP) is 2.92. The van der Waals surface area contributed by atoms with Gasteiger partial charge in [-0.05, 0) is 55.7 Å². The van der Waals surface area contributed by atoms with Crippen molar-refractivity contribution in [2.45, 2.75) is 39.0 Å². The number of hydrogen-bond donors (Lipinski definition) is 0. The summed E-state index contributed by atoms with van der Waals surface area (Å²) in [5.74, 6) is 1.23. The second kappa shape index (κ2) is 6.95. The van der Waals surface area contributed by atoms with E-state index in [0.29, 0.717) is 11.7 Å². The van der Waals surface area contributed by atoms with Crippen molar-refractivity contribution in [3.63, 3.8) is 0 Å². The molecule has 27 heavy (non-hydrogen) atoms. The first-order valence-corrected chi connectivity index (χ1v) is 9.10. The van der Waals surface area contributed by atoms with Crippen molar-refractivity contribution in [1.29, 1.82) is 0 Å². The molecule has 2 heterocycles. The van der Waals surface area contributed by atoms with Crippen molar-refractivity contribution in [3.8, 4) is 11.7 Å². The summed E-state index contributed by atoms with van der Waals surface area (Å²) in [6.07, 6.45) is 7.40. The quantitative estimate of drug-likeness (QED) is 0.716. The van der Waals surface area contributed by atoms with Crippen molar-refractivity contribution in [2.75, 3.05) is 7.11 Å². The number of hydrogen-bond acceptors (Lipinski definition) is 5. The number of benzene rings is 1. The van der Waals surface area contributed by atoms with E-state index in [1.54, 1.807) is 13.3 Å². The number of rotatable bonds is 3. The maximum absolute atomic E-state index is 12.9.